The van der Waals surface area contributed by atoms with Crippen molar-refractivity contribution < 1.29 is 9.59 Å². The molecule has 1 saturated carbocycles. The summed E-state index contributed by atoms with van der Waals surface area (Å²) < 4.78 is 0. The van der Waals surface area contributed by atoms with E-state index in [9.17, 15) is 9.59 Å². The summed E-state index contributed by atoms with van der Waals surface area (Å²) in [6.07, 6.45) is 10.8. The SMILES string of the molecule is CCNC(=O)c1ccnc(N2CC[C@@]3(CCCN(C4CCCCC4)C3=O)C2)c1. The molecule has 3 heterocycles. The maximum Gasteiger partial charge on any atom is 0.251 e. The number of anilines is 1. The van der Waals surface area contributed by atoms with Crippen LogP contribution in [0.25, 0.3) is 0 Å². The molecule has 1 aromatic heterocycles. The number of hydrogen-bond donors (Lipinski definition) is 1. The molecule has 3 aliphatic rings. The van der Waals surface area contributed by atoms with Crippen LogP contribution in [0.5, 0.6) is 0 Å². The third-order valence-electron chi connectivity index (χ3n) is 6.81. The summed E-state index contributed by atoms with van der Waals surface area (Å²) in [5.41, 5.74) is 0.366. The minimum atomic E-state index is -0.265. The number of likely N-dealkylation sites (tertiary alicyclic amines) is 1. The Morgan fingerprint density at radius 1 is 1.21 bits per heavy atom. The topological polar surface area (TPSA) is 65.5 Å². The van der Waals surface area contributed by atoms with Gasteiger partial charge in [0.1, 0.15) is 5.82 Å². The van der Waals surface area contributed by atoms with Gasteiger partial charge in [0.25, 0.3) is 5.91 Å². The highest BCUT2D eigenvalue weighted by molar-refractivity contribution is 5.94. The van der Waals surface area contributed by atoms with Gasteiger partial charge in [0.15, 0.2) is 0 Å². The number of amides is 2. The van der Waals surface area contributed by atoms with Gasteiger partial charge in [-0.25, -0.2) is 4.98 Å². The van der Waals surface area contributed by atoms with E-state index in [2.05, 4.69) is 20.1 Å². The molecule has 3 fully saturated rings. The van der Waals surface area contributed by atoms with Crippen LogP contribution in [0.15, 0.2) is 18.3 Å². The van der Waals surface area contributed by atoms with E-state index in [-0.39, 0.29) is 11.3 Å². The Morgan fingerprint density at radius 3 is 2.82 bits per heavy atom. The van der Waals surface area contributed by atoms with E-state index in [0.717, 1.165) is 44.7 Å². The fraction of sp³-hybridized carbons (Fsp3) is 0.682. The van der Waals surface area contributed by atoms with Gasteiger partial charge >= 0.3 is 0 Å². The molecule has 0 bridgehead atoms. The number of nitrogens with zero attached hydrogens (tertiary/aromatic N) is 3. The van der Waals surface area contributed by atoms with E-state index < -0.39 is 0 Å². The smallest absolute Gasteiger partial charge is 0.251 e. The predicted molar refractivity (Wildman–Crippen MR) is 109 cm³/mol. The molecule has 4 rings (SSSR count). The Balaban J connectivity index is 1.49. The molecule has 2 aliphatic heterocycles. The van der Waals surface area contributed by atoms with Crippen molar-refractivity contribution >= 4 is 17.6 Å². The maximum absolute atomic E-state index is 13.5. The van der Waals surface area contributed by atoms with Crippen LogP contribution in [0.4, 0.5) is 5.82 Å². The Kier molecular flexibility index (Phi) is 5.56. The first kappa shape index (κ1) is 19.2. The fourth-order valence-electron chi connectivity index (χ4n) is 5.28. The van der Waals surface area contributed by atoms with E-state index in [0.29, 0.717) is 24.1 Å². The Hall–Kier alpha value is -2.11. The molecule has 152 valence electrons. The van der Waals surface area contributed by atoms with E-state index in [4.69, 9.17) is 0 Å². The second-order valence-electron chi connectivity index (χ2n) is 8.61. The molecule has 0 aromatic carbocycles. The van der Waals surface area contributed by atoms with Gasteiger partial charge in [-0.3, -0.25) is 9.59 Å². The number of carbonyl (C=O) groups is 2. The van der Waals surface area contributed by atoms with Gasteiger partial charge in [0, 0.05) is 44.0 Å². The number of hydrogen-bond acceptors (Lipinski definition) is 4. The summed E-state index contributed by atoms with van der Waals surface area (Å²) in [4.78, 5) is 34.6. The third-order valence-corrected chi connectivity index (χ3v) is 6.81. The molecule has 6 nitrogen and oxygen atoms in total. The summed E-state index contributed by atoms with van der Waals surface area (Å²) in [5.74, 6) is 1.11. The van der Waals surface area contributed by atoms with Crippen LogP contribution in [-0.2, 0) is 4.79 Å². The van der Waals surface area contributed by atoms with Crippen LogP contribution < -0.4 is 10.2 Å². The summed E-state index contributed by atoms with van der Waals surface area (Å²) in [5, 5.41) is 2.84. The van der Waals surface area contributed by atoms with Crippen molar-refractivity contribution in [3.63, 3.8) is 0 Å². The van der Waals surface area contributed by atoms with Crippen molar-refractivity contribution in [1.29, 1.82) is 0 Å². The highest BCUT2D eigenvalue weighted by Crippen LogP contribution is 2.43. The van der Waals surface area contributed by atoms with Gasteiger partial charge in [0.05, 0.1) is 5.41 Å². The van der Waals surface area contributed by atoms with E-state index in [1.54, 1.807) is 12.3 Å². The Morgan fingerprint density at radius 2 is 2.04 bits per heavy atom. The number of carbonyl (C=O) groups excluding carboxylic acids is 2. The molecular weight excluding hydrogens is 352 g/mol. The molecule has 1 aliphatic carbocycles. The number of piperidine rings is 1. The van der Waals surface area contributed by atoms with Crippen LogP contribution in [0.3, 0.4) is 0 Å². The molecule has 1 atom stereocenters. The summed E-state index contributed by atoms with van der Waals surface area (Å²) in [6.45, 7) is 5.00. The second kappa shape index (κ2) is 8.10. The van der Waals surface area contributed by atoms with Crippen molar-refractivity contribution in [1.82, 2.24) is 15.2 Å². The Bertz CT molecular complexity index is 731. The zero-order valence-corrected chi connectivity index (χ0v) is 17.0. The molecule has 6 heteroatoms. The van der Waals surface area contributed by atoms with Crippen molar-refractivity contribution in [3.05, 3.63) is 23.9 Å². The molecule has 2 amide bonds. The summed E-state index contributed by atoms with van der Waals surface area (Å²) in [6, 6.07) is 4.05. The lowest BCUT2D eigenvalue weighted by Crippen LogP contribution is -2.54. The van der Waals surface area contributed by atoms with E-state index >= 15 is 0 Å². The van der Waals surface area contributed by atoms with Crippen LogP contribution >= 0.6 is 0 Å². The molecule has 1 aromatic rings. The lowest BCUT2D eigenvalue weighted by molar-refractivity contribution is -0.148. The standard InChI is InChI=1S/C22H32N4O2/c1-2-23-20(27)17-9-12-24-19(15-17)25-14-11-22(16-25)10-6-13-26(21(22)28)18-7-4-3-5-8-18/h9,12,15,18H,2-8,10-11,13-14,16H2,1H3,(H,23,27)/t22-/m0/s1. The lowest BCUT2D eigenvalue weighted by atomic mass is 9.77. The zero-order valence-electron chi connectivity index (χ0n) is 17.0. The van der Waals surface area contributed by atoms with Crippen LogP contribution in [-0.4, -0.2) is 53.9 Å². The van der Waals surface area contributed by atoms with Crippen LogP contribution in [0.2, 0.25) is 0 Å². The second-order valence-corrected chi connectivity index (χ2v) is 8.61. The predicted octanol–water partition coefficient (Wildman–Crippen LogP) is 2.98. The molecular formula is C22H32N4O2. The van der Waals surface area contributed by atoms with Crippen LogP contribution in [0.1, 0.15) is 68.6 Å². The van der Waals surface area contributed by atoms with Crippen molar-refractivity contribution in [2.75, 3.05) is 31.1 Å². The molecule has 0 unspecified atom stereocenters. The average molecular weight is 385 g/mol. The zero-order chi connectivity index (χ0) is 19.6. The number of rotatable bonds is 4. The number of pyridine rings is 1. The maximum atomic E-state index is 13.5. The van der Waals surface area contributed by atoms with Crippen molar-refractivity contribution in [2.45, 2.75) is 64.3 Å². The molecule has 1 N–H and O–H groups in total. The highest BCUT2D eigenvalue weighted by atomic mass is 16.2. The average Bonchev–Trinajstić information content (AvgIpc) is 3.16. The fourth-order valence-corrected chi connectivity index (χ4v) is 5.28. The van der Waals surface area contributed by atoms with Gasteiger partial charge in [-0.2, -0.15) is 0 Å². The normalized spacial score (nSPS) is 26.1. The van der Waals surface area contributed by atoms with Gasteiger partial charge in [-0.15, -0.1) is 0 Å². The van der Waals surface area contributed by atoms with Crippen molar-refractivity contribution in [2.24, 2.45) is 5.41 Å². The van der Waals surface area contributed by atoms with E-state index in [1.807, 2.05) is 13.0 Å². The summed E-state index contributed by atoms with van der Waals surface area (Å²) >= 11 is 0. The molecule has 0 radical (unpaired) electrons. The molecule has 2 saturated heterocycles. The monoisotopic (exact) mass is 384 g/mol. The lowest BCUT2D eigenvalue weighted by Gasteiger charge is -2.44. The number of nitrogens with one attached hydrogen (secondary N) is 1. The largest absolute Gasteiger partial charge is 0.355 e. The highest BCUT2D eigenvalue weighted by Gasteiger charge is 2.49. The summed E-state index contributed by atoms with van der Waals surface area (Å²) in [7, 11) is 0. The quantitative estimate of drug-likeness (QED) is 0.867. The minimum Gasteiger partial charge on any atom is -0.355 e. The van der Waals surface area contributed by atoms with Gasteiger partial charge < -0.3 is 15.1 Å². The number of aromatic nitrogens is 1. The first-order chi connectivity index (χ1) is 13.6. The molecule has 28 heavy (non-hydrogen) atoms. The first-order valence-electron chi connectivity index (χ1n) is 10.9. The minimum absolute atomic E-state index is 0.0720. The van der Waals surface area contributed by atoms with Gasteiger partial charge in [0.2, 0.25) is 5.91 Å². The van der Waals surface area contributed by atoms with Gasteiger partial charge in [-0.1, -0.05) is 19.3 Å². The van der Waals surface area contributed by atoms with Gasteiger partial charge in [-0.05, 0) is 51.2 Å². The van der Waals surface area contributed by atoms with E-state index in [1.165, 1.54) is 32.1 Å². The molecule has 1 spiro atoms. The van der Waals surface area contributed by atoms with Crippen LogP contribution in [0, 0.1) is 5.41 Å². The third kappa shape index (κ3) is 3.61. The van der Waals surface area contributed by atoms with Crippen molar-refractivity contribution in [3.8, 4) is 0 Å². The Labute approximate surface area is 167 Å². The first-order valence-corrected chi connectivity index (χ1v) is 10.9.